The highest BCUT2D eigenvalue weighted by Crippen LogP contribution is 2.15. The Morgan fingerprint density at radius 3 is 2.36 bits per heavy atom. The standard InChI is InChI=1S/C22H23F3N2O/c1-28-12-11-26(14-18-6-9-21(24)22(25)13-18)16-20-3-2-10-27(20)15-17-4-7-19(23)8-5-17/h2-10,13H,11-12,14-16H2,1H3. The van der Waals surface area contributed by atoms with Gasteiger partial charge in [-0.1, -0.05) is 18.2 Å². The smallest absolute Gasteiger partial charge is 0.159 e. The Morgan fingerprint density at radius 2 is 1.64 bits per heavy atom. The van der Waals surface area contributed by atoms with Gasteiger partial charge in [-0.25, -0.2) is 13.2 Å². The van der Waals surface area contributed by atoms with Crippen molar-refractivity contribution in [3.05, 3.63) is 95.1 Å². The van der Waals surface area contributed by atoms with Crippen molar-refractivity contribution >= 4 is 0 Å². The van der Waals surface area contributed by atoms with Gasteiger partial charge in [0, 0.05) is 45.2 Å². The zero-order chi connectivity index (χ0) is 19.9. The van der Waals surface area contributed by atoms with E-state index in [1.807, 2.05) is 18.3 Å². The average Bonchev–Trinajstić information content (AvgIpc) is 3.11. The molecule has 0 bridgehead atoms. The minimum atomic E-state index is -0.847. The number of benzene rings is 2. The van der Waals surface area contributed by atoms with Crippen molar-refractivity contribution < 1.29 is 17.9 Å². The van der Waals surface area contributed by atoms with Gasteiger partial charge in [0.05, 0.1) is 6.61 Å². The molecule has 0 aliphatic carbocycles. The highest BCUT2D eigenvalue weighted by Gasteiger charge is 2.12. The predicted octanol–water partition coefficient (Wildman–Crippen LogP) is 4.60. The van der Waals surface area contributed by atoms with Crippen LogP contribution in [-0.2, 0) is 24.4 Å². The average molecular weight is 388 g/mol. The van der Waals surface area contributed by atoms with Crippen LogP contribution in [0.1, 0.15) is 16.8 Å². The van der Waals surface area contributed by atoms with Gasteiger partial charge < -0.3 is 9.30 Å². The molecule has 0 unspecified atom stereocenters. The molecule has 6 heteroatoms. The number of ether oxygens (including phenoxy) is 1. The van der Waals surface area contributed by atoms with E-state index in [-0.39, 0.29) is 5.82 Å². The van der Waals surface area contributed by atoms with E-state index in [0.717, 1.165) is 17.3 Å². The van der Waals surface area contributed by atoms with Crippen LogP contribution in [0, 0.1) is 17.5 Å². The van der Waals surface area contributed by atoms with Gasteiger partial charge >= 0.3 is 0 Å². The van der Waals surface area contributed by atoms with E-state index < -0.39 is 11.6 Å². The summed E-state index contributed by atoms with van der Waals surface area (Å²) in [5.74, 6) is -1.95. The van der Waals surface area contributed by atoms with Crippen molar-refractivity contribution in [2.45, 2.75) is 19.6 Å². The third kappa shape index (κ3) is 5.47. The Morgan fingerprint density at radius 1 is 0.893 bits per heavy atom. The van der Waals surface area contributed by atoms with Gasteiger partial charge in [0.25, 0.3) is 0 Å². The maximum atomic E-state index is 13.5. The third-order valence-electron chi connectivity index (χ3n) is 4.58. The molecule has 1 heterocycles. The fourth-order valence-corrected chi connectivity index (χ4v) is 3.09. The molecule has 1 aromatic heterocycles. The Balaban J connectivity index is 1.72. The summed E-state index contributed by atoms with van der Waals surface area (Å²) >= 11 is 0. The fraction of sp³-hybridized carbons (Fsp3) is 0.273. The number of hydrogen-bond donors (Lipinski definition) is 0. The second-order valence-electron chi connectivity index (χ2n) is 6.71. The summed E-state index contributed by atoms with van der Waals surface area (Å²) in [6.45, 7) is 2.91. The molecule has 0 aliphatic rings. The molecule has 3 nitrogen and oxygen atoms in total. The van der Waals surface area contributed by atoms with Gasteiger partial charge in [-0.2, -0.15) is 0 Å². The zero-order valence-electron chi connectivity index (χ0n) is 15.7. The number of rotatable bonds is 9. The summed E-state index contributed by atoms with van der Waals surface area (Å²) < 4.78 is 47.1. The Labute approximate surface area is 163 Å². The monoisotopic (exact) mass is 388 g/mol. The van der Waals surface area contributed by atoms with Crippen molar-refractivity contribution in [2.24, 2.45) is 0 Å². The van der Waals surface area contributed by atoms with Gasteiger partial charge in [0.15, 0.2) is 11.6 Å². The lowest BCUT2D eigenvalue weighted by atomic mass is 10.2. The van der Waals surface area contributed by atoms with E-state index in [2.05, 4.69) is 9.47 Å². The Hall–Kier alpha value is -2.57. The minimum Gasteiger partial charge on any atom is -0.383 e. The largest absolute Gasteiger partial charge is 0.383 e. The van der Waals surface area contributed by atoms with E-state index in [1.165, 1.54) is 18.2 Å². The van der Waals surface area contributed by atoms with Crippen LogP contribution >= 0.6 is 0 Å². The second kappa shape index (κ2) is 9.57. The molecule has 0 radical (unpaired) electrons. The number of methoxy groups -OCH3 is 1. The van der Waals surface area contributed by atoms with Crippen LogP contribution in [0.4, 0.5) is 13.2 Å². The lowest BCUT2D eigenvalue weighted by Gasteiger charge is -2.23. The van der Waals surface area contributed by atoms with Crippen LogP contribution in [0.15, 0.2) is 60.8 Å². The SMILES string of the molecule is COCCN(Cc1ccc(F)c(F)c1)Cc1cccn1Cc1ccc(F)cc1. The quantitative estimate of drug-likeness (QED) is 0.533. The fourth-order valence-electron chi connectivity index (χ4n) is 3.09. The molecule has 0 spiro atoms. The van der Waals surface area contributed by atoms with E-state index >= 15 is 0 Å². The molecule has 0 N–H and O–H groups in total. The summed E-state index contributed by atoms with van der Waals surface area (Å²) in [5, 5.41) is 0. The minimum absolute atomic E-state index is 0.256. The number of nitrogens with zero attached hydrogens (tertiary/aromatic N) is 2. The first-order valence-corrected chi connectivity index (χ1v) is 9.09. The second-order valence-corrected chi connectivity index (χ2v) is 6.71. The van der Waals surface area contributed by atoms with E-state index in [1.54, 1.807) is 25.3 Å². The summed E-state index contributed by atoms with van der Waals surface area (Å²) in [4.78, 5) is 2.12. The van der Waals surface area contributed by atoms with Crippen LogP contribution in [0.2, 0.25) is 0 Å². The van der Waals surface area contributed by atoms with Crippen molar-refractivity contribution in [1.29, 1.82) is 0 Å². The molecule has 0 saturated carbocycles. The molecule has 0 fully saturated rings. The normalized spacial score (nSPS) is 11.3. The molecule has 3 rings (SSSR count). The van der Waals surface area contributed by atoms with Crippen LogP contribution in [0.3, 0.4) is 0 Å². The summed E-state index contributed by atoms with van der Waals surface area (Å²) in [5.41, 5.74) is 2.78. The number of halogens is 3. The van der Waals surface area contributed by atoms with E-state index in [0.29, 0.717) is 38.3 Å². The first-order valence-electron chi connectivity index (χ1n) is 9.09. The van der Waals surface area contributed by atoms with Gasteiger partial charge in [-0.3, -0.25) is 4.90 Å². The molecule has 3 aromatic rings. The van der Waals surface area contributed by atoms with Crippen LogP contribution < -0.4 is 0 Å². The van der Waals surface area contributed by atoms with Crippen LogP contribution in [0.25, 0.3) is 0 Å². The van der Waals surface area contributed by atoms with Crippen molar-refractivity contribution in [3.63, 3.8) is 0 Å². The maximum Gasteiger partial charge on any atom is 0.159 e. The van der Waals surface area contributed by atoms with E-state index in [4.69, 9.17) is 4.74 Å². The van der Waals surface area contributed by atoms with Gasteiger partial charge in [-0.15, -0.1) is 0 Å². The highest BCUT2D eigenvalue weighted by molar-refractivity contribution is 5.20. The molecular formula is C22H23F3N2O. The molecule has 0 amide bonds. The van der Waals surface area contributed by atoms with Crippen molar-refractivity contribution in [2.75, 3.05) is 20.3 Å². The van der Waals surface area contributed by atoms with Gasteiger partial charge in [0.1, 0.15) is 5.82 Å². The maximum absolute atomic E-state index is 13.5. The molecule has 0 atom stereocenters. The Kier molecular flexibility index (Phi) is 6.90. The molecule has 28 heavy (non-hydrogen) atoms. The first kappa shape index (κ1) is 20.2. The van der Waals surface area contributed by atoms with Crippen LogP contribution in [-0.4, -0.2) is 29.7 Å². The van der Waals surface area contributed by atoms with Crippen molar-refractivity contribution in [1.82, 2.24) is 9.47 Å². The summed E-state index contributed by atoms with van der Waals surface area (Å²) in [6, 6.07) is 14.4. The van der Waals surface area contributed by atoms with Gasteiger partial charge in [0.2, 0.25) is 0 Å². The third-order valence-corrected chi connectivity index (χ3v) is 4.58. The summed E-state index contributed by atoms with van der Waals surface area (Å²) in [7, 11) is 1.63. The molecule has 0 saturated heterocycles. The zero-order valence-corrected chi connectivity index (χ0v) is 15.7. The number of hydrogen-bond acceptors (Lipinski definition) is 2. The van der Waals surface area contributed by atoms with Crippen molar-refractivity contribution in [3.8, 4) is 0 Å². The lowest BCUT2D eigenvalue weighted by molar-refractivity contribution is 0.138. The molecular weight excluding hydrogens is 365 g/mol. The molecule has 148 valence electrons. The highest BCUT2D eigenvalue weighted by atomic mass is 19.2. The number of aromatic nitrogens is 1. The molecule has 2 aromatic carbocycles. The lowest BCUT2D eigenvalue weighted by Crippen LogP contribution is -2.28. The molecule has 0 aliphatic heterocycles. The van der Waals surface area contributed by atoms with Crippen LogP contribution in [0.5, 0.6) is 0 Å². The Bertz CT molecular complexity index is 893. The first-order chi connectivity index (χ1) is 13.5. The summed E-state index contributed by atoms with van der Waals surface area (Å²) in [6.07, 6.45) is 1.98. The predicted molar refractivity (Wildman–Crippen MR) is 102 cm³/mol. The van der Waals surface area contributed by atoms with Gasteiger partial charge in [-0.05, 0) is 47.5 Å². The van der Waals surface area contributed by atoms with E-state index in [9.17, 15) is 13.2 Å². The topological polar surface area (TPSA) is 17.4 Å².